The van der Waals surface area contributed by atoms with Crippen molar-refractivity contribution >= 4 is 17.7 Å². The van der Waals surface area contributed by atoms with Crippen molar-refractivity contribution < 1.29 is 23.9 Å². The molecule has 2 fully saturated rings. The zero-order valence-corrected chi connectivity index (χ0v) is 26.4. The van der Waals surface area contributed by atoms with Gasteiger partial charge in [0.25, 0.3) is 0 Å². The van der Waals surface area contributed by atoms with Gasteiger partial charge in [0, 0.05) is 25.7 Å². The number of ketones is 1. The Labute approximate surface area is 237 Å². The molecule has 3 unspecified atom stereocenters. The third-order valence-corrected chi connectivity index (χ3v) is 12.6. The third-order valence-electron chi connectivity index (χ3n) is 12.6. The Kier molecular flexibility index (Phi) is 7.78. The zero-order valence-electron chi connectivity index (χ0n) is 26.4. The fraction of sp³-hybridized carbons (Fsp3) is 0.853. The largest absolute Gasteiger partial charge is 0.458 e. The number of allylic oxidation sites excluding steroid dienone is 2. The highest BCUT2D eigenvalue weighted by atomic mass is 16.6. The summed E-state index contributed by atoms with van der Waals surface area (Å²) in [7, 11) is 0. The molecule has 4 aliphatic carbocycles. The Hall–Kier alpha value is -1.65. The molecule has 5 nitrogen and oxygen atoms in total. The molecule has 0 radical (unpaired) electrons. The van der Waals surface area contributed by atoms with Gasteiger partial charge in [0.2, 0.25) is 0 Å². The van der Waals surface area contributed by atoms with Gasteiger partial charge in [-0.25, -0.2) is 0 Å². The van der Waals surface area contributed by atoms with E-state index in [-0.39, 0.29) is 33.6 Å². The first-order chi connectivity index (χ1) is 17.9. The van der Waals surface area contributed by atoms with Gasteiger partial charge in [-0.15, -0.1) is 0 Å². The standard InChI is InChI=1S/C34H54O5/c1-21(11-14-29(38-22(2)35)31(6,7)39-23(3)36)24-15-19-34(10)26-12-13-27-30(4,5)28(37)17-18-32(27,8)25(26)16-20-33(24,34)9/h21,24,27,29H,11-20H2,1-10H3/t21?,24?,27-,29?,32+,33+,34-/m0/s1. The number of carbonyl (C=O) groups is 3. The summed E-state index contributed by atoms with van der Waals surface area (Å²) in [6, 6.07) is 0. The molecule has 0 amide bonds. The summed E-state index contributed by atoms with van der Waals surface area (Å²) in [4.78, 5) is 36.5. The van der Waals surface area contributed by atoms with Crippen molar-refractivity contribution in [3.05, 3.63) is 11.1 Å². The van der Waals surface area contributed by atoms with Gasteiger partial charge in [-0.1, -0.05) is 52.7 Å². The monoisotopic (exact) mass is 542 g/mol. The average Bonchev–Trinajstić information content (AvgIpc) is 3.09. The van der Waals surface area contributed by atoms with Gasteiger partial charge >= 0.3 is 11.9 Å². The average molecular weight is 543 g/mol. The van der Waals surface area contributed by atoms with E-state index in [9.17, 15) is 14.4 Å². The lowest BCUT2D eigenvalue weighted by Gasteiger charge is -2.61. The van der Waals surface area contributed by atoms with E-state index in [1.807, 2.05) is 13.8 Å². The minimum atomic E-state index is -0.862. The predicted octanol–water partition coefficient (Wildman–Crippen LogP) is 7.99. The number of hydrogen-bond donors (Lipinski definition) is 0. The molecular weight excluding hydrogens is 488 g/mol. The van der Waals surface area contributed by atoms with E-state index in [0.29, 0.717) is 30.0 Å². The number of ether oxygens (including phenoxy) is 2. The van der Waals surface area contributed by atoms with Gasteiger partial charge < -0.3 is 9.47 Å². The van der Waals surface area contributed by atoms with Gasteiger partial charge in [0.05, 0.1) is 0 Å². The Morgan fingerprint density at radius 2 is 1.56 bits per heavy atom. The van der Waals surface area contributed by atoms with Crippen molar-refractivity contribution in [2.45, 2.75) is 145 Å². The summed E-state index contributed by atoms with van der Waals surface area (Å²) >= 11 is 0. The molecule has 0 spiro atoms. The van der Waals surface area contributed by atoms with Crippen LogP contribution in [0.2, 0.25) is 0 Å². The molecule has 0 saturated heterocycles. The lowest BCUT2D eigenvalue weighted by Crippen LogP contribution is -2.54. The van der Waals surface area contributed by atoms with Gasteiger partial charge in [-0.2, -0.15) is 0 Å². The number of esters is 2. The minimum absolute atomic E-state index is 0.151. The molecule has 0 aromatic rings. The van der Waals surface area contributed by atoms with Crippen LogP contribution < -0.4 is 0 Å². The van der Waals surface area contributed by atoms with Crippen LogP contribution in [0.5, 0.6) is 0 Å². The molecule has 0 aromatic heterocycles. The van der Waals surface area contributed by atoms with Gasteiger partial charge in [-0.3, -0.25) is 14.4 Å². The first-order valence-electron chi connectivity index (χ1n) is 15.5. The molecule has 7 atom stereocenters. The molecule has 0 N–H and O–H groups in total. The molecule has 2 saturated carbocycles. The maximum Gasteiger partial charge on any atom is 0.303 e. The quantitative estimate of drug-likeness (QED) is 0.241. The van der Waals surface area contributed by atoms with Crippen LogP contribution in [0, 0.1) is 39.4 Å². The molecule has 0 aromatic carbocycles. The summed E-state index contributed by atoms with van der Waals surface area (Å²) < 4.78 is 11.3. The second-order valence-corrected chi connectivity index (χ2v) is 15.4. The molecule has 220 valence electrons. The van der Waals surface area contributed by atoms with E-state index < -0.39 is 11.7 Å². The third kappa shape index (κ3) is 4.82. The second kappa shape index (κ2) is 10.0. The van der Waals surface area contributed by atoms with Crippen molar-refractivity contribution in [1.29, 1.82) is 0 Å². The molecule has 0 bridgehead atoms. The Morgan fingerprint density at radius 1 is 0.897 bits per heavy atom. The zero-order chi connectivity index (χ0) is 29.2. The molecular formula is C34H54O5. The number of fused-ring (bicyclic) bond motifs is 4. The van der Waals surface area contributed by atoms with Crippen LogP contribution in [-0.4, -0.2) is 29.4 Å². The highest BCUT2D eigenvalue weighted by Gasteiger charge is 2.63. The predicted molar refractivity (Wildman–Crippen MR) is 154 cm³/mol. The van der Waals surface area contributed by atoms with Crippen LogP contribution >= 0.6 is 0 Å². The highest BCUT2D eigenvalue weighted by molar-refractivity contribution is 5.85. The van der Waals surface area contributed by atoms with Crippen LogP contribution in [0.1, 0.15) is 133 Å². The topological polar surface area (TPSA) is 69.7 Å². The van der Waals surface area contributed by atoms with E-state index >= 15 is 0 Å². The smallest absolute Gasteiger partial charge is 0.303 e. The summed E-state index contributed by atoms with van der Waals surface area (Å²) in [6.07, 6.45) is 9.99. The van der Waals surface area contributed by atoms with Crippen LogP contribution in [0.4, 0.5) is 0 Å². The normalized spacial score (nSPS) is 37.3. The second-order valence-electron chi connectivity index (χ2n) is 15.4. The summed E-state index contributed by atoms with van der Waals surface area (Å²) in [6.45, 7) is 20.9. The van der Waals surface area contributed by atoms with E-state index in [1.54, 1.807) is 11.1 Å². The lowest BCUT2D eigenvalue weighted by atomic mass is 9.43. The van der Waals surface area contributed by atoms with Gasteiger partial charge in [-0.05, 0) is 106 Å². The van der Waals surface area contributed by atoms with Crippen molar-refractivity contribution in [1.82, 2.24) is 0 Å². The number of carbonyl (C=O) groups excluding carboxylic acids is 3. The lowest BCUT2D eigenvalue weighted by molar-refractivity contribution is -0.179. The van der Waals surface area contributed by atoms with Crippen LogP contribution in [-0.2, 0) is 23.9 Å². The van der Waals surface area contributed by atoms with Crippen molar-refractivity contribution in [3.8, 4) is 0 Å². The first-order valence-corrected chi connectivity index (χ1v) is 15.5. The highest BCUT2D eigenvalue weighted by Crippen LogP contribution is 2.72. The van der Waals surface area contributed by atoms with Crippen molar-refractivity contribution in [2.24, 2.45) is 39.4 Å². The van der Waals surface area contributed by atoms with Crippen molar-refractivity contribution in [2.75, 3.05) is 0 Å². The Morgan fingerprint density at radius 3 is 2.18 bits per heavy atom. The molecule has 5 heteroatoms. The summed E-state index contributed by atoms with van der Waals surface area (Å²) in [5.74, 6) is 1.29. The first kappa shape index (κ1) is 30.3. The van der Waals surface area contributed by atoms with E-state index in [2.05, 4.69) is 41.5 Å². The SMILES string of the molecule is CC(=O)OC(CCC(C)C1CC[C@@]2(C)C3=C(CC[C@]12C)[C@@]1(C)CCC(=O)C(C)(C)[C@@H]1CC3)C(C)(C)OC(C)=O. The molecule has 4 rings (SSSR count). The van der Waals surface area contributed by atoms with Crippen molar-refractivity contribution in [3.63, 3.8) is 0 Å². The Bertz CT molecular complexity index is 1050. The van der Waals surface area contributed by atoms with Crippen LogP contribution in [0.25, 0.3) is 0 Å². The molecule has 4 aliphatic rings. The van der Waals surface area contributed by atoms with Gasteiger partial charge in [0.1, 0.15) is 17.5 Å². The van der Waals surface area contributed by atoms with E-state index in [0.717, 1.165) is 38.5 Å². The van der Waals surface area contributed by atoms with Crippen LogP contribution in [0.15, 0.2) is 11.1 Å². The van der Waals surface area contributed by atoms with E-state index in [1.165, 1.54) is 33.1 Å². The van der Waals surface area contributed by atoms with Crippen LogP contribution in [0.3, 0.4) is 0 Å². The fourth-order valence-electron chi connectivity index (χ4n) is 10.2. The molecule has 39 heavy (non-hydrogen) atoms. The summed E-state index contributed by atoms with van der Waals surface area (Å²) in [5, 5.41) is 0. The minimum Gasteiger partial charge on any atom is -0.458 e. The Balaban J connectivity index is 1.56. The fourth-order valence-corrected chi connectivity index (χ4v) is 10.2. The maximum absolute atomic E-state index is 12.9. The number of rotatable bonds is 7. The maximum atomic E-state index is 12.9. The van der Waals surface area contributed by atoms with E-state index in [4.69, 9.17) is 9.47 Å². The molecule has 0 heterocycles. The number of hydrogen-bond acceptors (Lipinski definition) is 5. The van der Waals surface area contributed by atoms with Gasteiger partial charge in [0.15, 0.2) is 0 Å². The number of Topliss-reactive ketones (excluding diaryl/α,β-unsaturated/α-hetero) is 1. The molecule has 0 aliphatic heterocycles. The summed E-state index contributed by atoms with van der Waals surface area (Å²) in [5.41, 5.74) is 2.95.